The van der Waals surface area contributed by atoms with Crippen molar-refractivity contribution in [3.8, 4) is 11.5 Å². The van der Waals surface area contributed by atoms with Crippen molar-refractivity contribution < 1.29 is 14.3 Å². The van der Waals surface area contributed by atoms with Gasteiger partial charge in [-0.25, -0.2) is 5.43 Å². The molecule has 3 rings (SSSR count). The van der Waals surface area contributed by atoms with Crippen LogP contribution in [0.2, 0.25) is 5.02 Å². The van der Waals surface area contributed by atoms with Crippen LogP contribution in [0.15, 0.2) is 71.8 Å². The van der Waals surface area contributed by atoms with E-state index in [0.29, 0.717) is 29.5 Å². The molecule has 0 aliphatic carbocycles. The molecular weight excluding hydrogens is 412 g/mol. The first kappa shape index (κ1) is 22.4. The normalized spacial score (nSPS) is 10.8. The molecule has 6 heteroatoms. The number of nitrogens with one attached hydrogen (secondary N) is 1. The average Bonchev–Trinajstić information content (AvgIpc) is 2.76. The number of nitrogens with zero attached hydrogens (tertiary/aromatic N) is 1. The van der Waals surface area contributed by atoms with Crippen LogP contribution in [0.1, 0.15) is 29.2 Å². The number of aryl methyl sites for hydroxylation is 1. The van der Waals surface area contributed by atoms with E-state index in [1.165, 1.54) is 11.8 Å². The first-order valence-electron chi connectivity index (χ1n) is 10.0. The molecule has 0 spiro atoms. The molecular formula is C25H25ClN2O3. The van der Waals surface area contributed by atoms with E-state index in [4.69, 9.17) is 21.1 Å². The van der Waals surface area contributed by atoms with Gasteiger partial charge in [0.25, 0.3) is 0 Å². The van der Waals surface area contributed by atoms with Crippen LogP contribution < -0.4 is 14.9 Å². The second kappa shape index (κ2) is 11.2. The number of halogens is 1. The topological polar surface area (TPSA) is 59.9 Å². The van der Waals surface area contributed by atoms with E-state index >= 15 is 0 Å². The quantitative estimate of drug-likeness (QED) is 0.365. The Hall–Kier alpha value is -3.31. The molecule has 3 aromatic carbocycles. The molecule has 0 saturated carbocycles. The highest BCUT2D eigenvalue weighted by Crippen LogP contribution is 2.22. The molecule has 0 fully saturated rings. The van der Waals surface area contributed by atoms with E-state index in [1.807, 2.05) is 62.4 Å². The van der Waals surface area contributed by atoms with Crippen LogP contribution in [0, 0.1) is 6.92 Å². The van der Waals surface area contributed by atoms with Crippen molar-refractivity contribution >= 4 is 23.7 Å². The van der Waals surface area contributed by atoms with Gasteiger partial charge in [0, 0.05) is 10.6 Å². The highest BCUT2D eigenvalue weighted by atomic mass is 35.5. The van der Waals surface area contributed by atoms with Gasteiger partial charge in [-0.1, -0.05) is 53.6 Å². The van der Waals surface area contributed by atoms with E-state index in [1.54, 1.807) is 18.2 Å². The molecule has 0 radical (unpaired) electrons. The molecule has 1 N–H and O–H groups in total. The maximum Gasteiger partial charge on any atom is 0.244 e. The van der Waals surface area contributed by atoms with Gasteiger partial charge in [0.15, 0.2) is 0 Å². The lowest BCUT2D eigenvalue weighted by Crippen LogP contribution is -2.19. The molecule has 0 atom stereocenters. The molecule has 0 aromatic heterocycles. The fraction of sp³-hybridized carbons (Fsp3) is 0.200. The third kappa shape index (κ3) is 7.15. The molecule has 0 bridgehead atoms. The third-order valence-corrected chi connectivity index (χ3v) is 4.71. The lowest BCUT2D eigenvalue weighted by Gasteiger charge is -2.10. The predicted octanol–water partition coefficient (Wildman–Crippen LogP) is 5.32. The monoisotopic (exact) mass is 436 g/mol. The summed E-state index contributed by atoms with van der Waals surface area (Å²) in [4.78, 5) is 12.2. The number of hydrogen-bond donors (Lipinski definition) is 1. The average molecular weight is 437 g/mol. The Labute approximate surface area is 187 Å². The van der Waals surface area contributed by atoms with Crippen molar-refractivity contribution in [2.45, 2.75) is 26.9 Å². The zero-order valence-electron chi connectivity index (χ0n) is 17.6. The van der Waals surface area contributed by atoms with Crippen molar-refractivity contribution in [3.05, 3.63) is 94.0 Å². The van der Waals surface area contributed by atoms with Gasteiger partial charge in [-0.15, -0.1) is 0 Å². The first-order valence-corrected chi connectivity index (χ1v) is 10.4. The van der Waals surface area contributed by atoms with E-state index in [0.717, 1.165) is 16.9 Å². The van der Waals surface area contributed by atoms with Crippen LogP contribution in [0.3, 0.4) is 0 Å². The van der Waals surface area contributed by atoms with Crippen molar-refractivity contribution in [2.24, 2.45) is 5.10 Å². The van der Waals surface area contributed by atoms with Crippen LogP contribution in [0.5, 0.6) is 11.5 Å². The second-order valence-corrected chi connectivity index (χ2v) is 7.44. The number of benzene rings is 3. The summed E-state index contributed by atoms with van der Waals surface area (Å²) in [5.74, 6) is 1.20. The number of ether oxygens (including phenoxy) is 2. The summed E-state index contributed by atoms with van der Waals surface area (Å²) in [5.41, 5.74) is 6.36. The minimum absolute atomic E-state index is 0.218. The summed E-state index contributed by atoms with van der Waals surface area (Å²) < 4.78 is 11.3. The van der Waals surface area contributed by atoms with E-state index < -0.39 is 0 Å². The number of carbonyl (C=O) groups excluding carboxylic acids is 1. The Bertz CT molecular complexity index is 1030. The Kier molecular flexibility index (Phi) is 8.07. The van der Waals surface area contributed by atoms with Crippen LogP contribution in [-0.4, -0.2) is 18.7 Å². The second-order valence-electron chi connectivity index (χ2n) is 7.00. The zero-order chi connectivity index (χ0) is 22.1. The van der Waals surface area contributed by atoms with Gasteiger partial charge in [-0.3, -0.25) is 4.79 Å². The Balaban J connectivity index is 1.58. The fourth-order valence-corrected chi connectivity index (χ4v) is 3.05. The van der Waals surface area contributed by atoms with Gasteiger partial charge in [0.1, 0.15) is 18.1 Å². The minimum atomic E-state index is -0.218. The smallest absolute Gasteiger partial charge is 0.244 e. The summed E-state index contributed by atoms with van der Waals surface area (Å²) in [7, 11) is 0. The van der Waals surface area contributed by atoms with E-state index in [2.05, 4.69) is 10.5 Å². The van der Waals surface area contributed by atoms with Gasteiger partial charge >= 0.3 is 0 Å². The van der Waals surface area contributed by atoms with Gasteiger partial charge in [-0.2, -0.15) is 5.10 Å². The largest absolute Gasteiger partial charge is 0.494 e. The van der Waals surface area contributed by atoms with Gasteiger partial charge < -0.3 is 9.47 Å². The number of carbonyl (C=O) groups is 1. The number of rotatable bonds is 9. The Morgan fingerprint density at radius 2 is 1.71 bits per heavy atom. The van der Waals surface area contributed by atoms with Crippen LogP contribution >= 0.6 is 11.6 Å². The third-order valence-electron chi connectivity index (χ3n) is 4.48. The Morgan fingerprint density at radius 1 is 1.00 bits per heavy atom. The molecule has 0 saturated heterocycles. The summed E-state index contributed by atoms with van der Waals surface area (Å²) in [6.07, 6.45) is 1.75. The SMILES string of the molecule is CCOc1ccc(CC(=O)N/N=C\c2cc(Cl)ccc2OCc2ccc(C)cc2)cc1. The minimum Gasteiger partial charge on any atom is -0.494 e. The van der Waals surface area contributed by atoms with Crippen molar-refractivity contribution in [3.63, 3.8) is 0 Å². The van der Waals surface area contributed by atoms with Crippen LogP contribution in [-0.2, 0) is 17.8 Å². The lowest BCUT2D eigenvalue weighted by molar-refractivity contribution is -0.120. The summed E-state index contributed by atoms with van der Waals surface area (Å²) in [5, 5.41) is 4.63. The van der Waals surface area contributed by atoms with Crippen molar-refractivity contribution in [1.29, 1.82) is 0 Å². The zero-order valence-corrected chi connectivity index (χ0v) is 18.4. The standard InChI is InChI=1S/C25H25ClN2O3/c1-3-30-23-11-8-19(9-12-23)14-25(29)28-27-16-21-15-22(26)10-13-24(21)31-17-20-6-4-18(2)5-7-20/h4-13,15-16H,3,14,17H2,1-2H3,(H,28,29)/b27-16-. The van der Waals surface area contributed by atoms with Gasteiger partial charge in [-0.05, 0) is 55.3 Å². The number of amides is 1. The number of hydrogen-bond acceptors (Lipinski definition) is 4. The van der Waals surface area contributed by atoms with E-state index in [9.17, 15) is 4.79 Å². The summed E-state index contributed by atoms with van der Waals surface area (Å²) >= 11 is 6.12. The predicted molar refractivity (Wildman–Crippen MR) is 124 cm³/mol. The maximum atomic E-state index is 12.2. The van der Waals surface area contributed by atoms with E-state index in [-0.39, 0.29) is 12.3 Å². The molecule has 0 aliphatic heterocycles. The highest BCUT2D eigenvalue weighted by molar-refractivity contribution is 6.30. The molecule has 0 aliphatic rings. The van der Waals surface area contributed by atoms with Gasteiger partial charge in [0.05, 0.1) is 19.2 Å². The molecule has 0 heterocycles. The molecule has 31 heavy (non-hydrogen) atoms. The van der Waals surface area contributed by atoms with Crippen LogP contribution in [0.25, 0.3) is 0 Å². The van der Waals surface area contributed by atoms with Crippen molar-refractivity contribution in [1.82, 2.24) is 5.43 Å². The van der Waals surface area contributed by atoms with Crippen molar-refractivity contribution in [2.75, 3.05) is 6.61 Å². The molecule has 1 amide bonds. The number of hydrazone groups is 1. The highest BCUT2D eigenvalue weighted by Gasteiger charge is 2.06. The fourth-order valence-electron chi connectivity index (χ4n) is 2.87. The molecule has 160 valence electrons. The molecule has 3 aromatic rings. The maximum absolute atomic E-state index is 12.2. The first-order chi connectivity index (χ1) is 15.0. The lowest BCUT2D eigenvalue weighted by atomic mass is 10.1. The summed E-state index contributed by atoms with van der Waals surface area (Å²) in [6, 6.07) is 20.9. The van der Waals surface area contributed by atoms with Gasteiger partial charge in [0.2, 0.25) is 5.91 Å². The molecule has 5 nitrogen and oxygen atoms in total. The Morgan fingerprint density at radius 3 is 2.42 bits per heavy atom. The van der Waals surface area contributed by atoms with Crippen LogP contribution in [0.4, 0.5) is 0 Å². The summed E-state index contributed by atoms with van der Waals surface area (Å²) in [6.45, 7) is 5.00. The molecule has 0 unspecified atom stereocenters.